The van der Waals surface area contributed by atoms with Gasteiger partial charge in [-0.05, 0) is 29.2 Å². The van der Waals surface area contributed by atoms with E-state index in [9.17, 15) is 8.42 Å². The third-order valence-corrected chi connectivity index (χ3v) is 5.91. The molecule has 0 radical (unpaired) electrons. The Bertz CT molecular complexity index is 808. The Morgan fingerprint density at radius 2 is 2.00 bits per heavy atom. The normalized spacial score (nSPS) is 13.7. The van der Waals surface area contributed by atoms with E-state index in [1.54, 1.807) is 30.3 Å². The first-order valence-corrected chi connectivity index (χ1v) is 9.84. The first-order chi connectivity index (χ1) is 9.58. The monoisotopic (exact) mass is 401 g/mol. The van der Waals surface area contributed by atoms with Gasteiger partial charge in [0.1, 0.15) is 5.82 Å². The fourth-order valence-electron chi connectivity index (χ4n) is 1.84. The zero-order chi connectivity index (χ0) is 14.2. The van der Waals surface area contributed by atoms with Crippen molar-refractivity contribution >= 4 is 46.8 Å². The largest absolute Gasteiger partial charge is 0.297 e. The summed E-state index contributed by atoms with van der Waals surface area (Å²) in [5, 5.41) is 0. The van der Waals surface area contributed by atoms with Crippen molar-refractivity contribution < 1.29 is 8.42 Å². The lowest BCUT2D eigenvalue weighted by atomic mass is 10.4. The topological polar surface area (TPSA) is 64.0 Å². The van der Waals surface area contributed by atoms with Crippen LogP contribution < -0.4 is 4.72 Å². The highest BCUT2D eigenvalue weighted by Crippen LogP contribution is 2.23. The van der Waals surface area contributed by atoms with Gasteiger partial charge in [-0.2, -0.15) is 0 Å². The van der Waals surface area contributed by atoms with Crippen LogP contribution in [0, 0.1) is 6.92 Å². The highest BCUT2D eigenvalue weighted by molar-refractivity contribution is 14.2. The summed E-state index contributed by atoms with van der Waals surface area (Å²) in [6.07, 6.45) is 1.93. The number of benzene rings is 1. The van der Waals surface area contributed by atoms with Crippen LogP contribution in [-0.4, -0.2) is 22.1 Å². The molecule has 5 nitrogen and oxygen atoms in total. The summed E-state index contributed by atoms with van der Waals surface area (Å²) >= 11 is -0.116. The Kier molecular flexibility index (Phi) is 3.47. The van der Waals surface area contributed by atoms with E-state index in [-0.39, 0.29) is 25.6 Å². The van der Waals surface area contributed by atoms with Crippen LogP contribution in [0.2, 0.25) is 0 Å². The number of fused-ring (bicyclic) bond motifs is 1. The Morgan fingerprint density at radius 1 is 1.25 bits per heavy atom. The van der Waals surface area contributed by atoms with E-state index in [0.717, 1.165) is 11.5 Å². The molecule has 104 valence electrons. The van der Waals surface area contributed by atoms with E-state index in [4.69, 9.17) is 0 Å². The molecule has 1 aromatic carbocycles. The van der Waals surface area contributed by atoms with Crippen LogP contribution >= 0.6 is 20.7 Å². The van der Waals surface area contributed by atoms with Gasteiger partial charge in [0, 0.05) is 4.14 Å². The number of aromatic nitrogens is 2. The number of anilines is 1. The van der Waals surface area contributed by atoms with E-state index in [0.29, 0.717) is 5.82 Å². The first kappa shape index (κ1) is 13.5. The Hall–Kier alpha value is -1.48. The molecule has 0 fully saturated rings. The molecule has 0 saturated carbocycles. The molecule has 1 aliphatic heterocycles. The molecule has 3 rings (SSSR count). The van der Waals surface area contributed by atoms with E-state index < -0.39 is 10.0 Å². The van der Waals surface area contributed by atoms with Crippen molar-refractivity contribution in [2.24, 2.45) is 0 Å². The molecular formula is C13H12IN3O2S. The van der Waals surface area contributed by atoms with Crippen LogP contribution in [0.5, 0.6) is 0 Å². The minimum absolute atomic E-state index is 0.116. The van der Waals surface area contributed by atoms with Gasteiger partial charge < -0.3 is 0 Å². The zero-order valence-electron chi connectivity index (χ0n) is 10.6. The second-order valence-electron chi connectivity index (χ2n) is 4.21. The zero-order valence-corrected chi connectivity index (χ0v) is 13.6. The van der Waals surface area contributed by atoms with Crippen molar-refractivity contribution in [1.29, 1.82) is 0 Å². The van der Waals surface area contributed by atoms with Gasteiger partial charge in [-0.25, -0.2) is 13.4 Å². The van der Waals surface area contributed by atoms with E-state index in [2.05, 4.69) is 17.9 Å². The van der Waals surface area contributed by atoms with Crippen LogP contribution in [0.1, 0.15) is 11.5 Å². The number of hydrogen-bond acceptors (Lipinski definition) is 3. The first-order valence-electron chi connectivity index (χ1n) is 5.86. The number of hydrogen-bond donors (Lipinski definition) is 1. The van der Waals surface area contributed by atoms with Crippen LogP contribution in [-0.2, 0) is 10.0 Å². The molecule has 20 heavy (non-hydrogen) atoms. The Labute approximate surface area is 127 Å². The Morgan fingerprint density at radius 3 is 2.70 bits per heavy atom. The minimum atomic E-state index is -3.59. The Balaban J connectivity index is 1.99. The van der Waals surface area contributed by atoms with Gasteiger partial charge in [0.05, 0.1) is 10.6 Å². The fourth-order valence-corrected chi connectivity index (χ4v) is 4.66. The molecule has 1 aromatic heterocycles. The molecule has 1 N–H and O–H groups in total. The number of nitrogens with zero attached hydrogens (tertiary/aromatic N) is 2. The molecule has 0 amide bonds. The minimum Gasteiger partial charge on any atom is -0.297 e. The number of sulfonamides is 1. The summed E-state index contributed by atoms with van der Waals surface area (Å²) in [6.45, 7) is 1.86. The lowest BCUT2D eigenvalue weighted by Gasteiger charge is -2.06. The average Bonchev–Trinajstić information content (AvgIpc) is 2.76. The van der Waals surface area contributed by atoms with Gasteiger partial charge in [-0.3, -0.25) is 9.29 Å². The van der Waals surface area contributed by atoms with Crippen LogP contribution in [0.15, 0.2) is 39.3 Å². The quantitative estimate of drug-likeness (QED) is 0.805. The lowest BCUT2D eigenvalue weighted by molar-refractivity contribution is 0.601. The summed E-state index contributed by atoms with van der Waals surface area (Å²) in [4.78, 5) is 4.57. The predicted molar refractivity (Wildman–Crippen MR) is 88.7 cm³/mol. The van der Waals surface area contributed by atoms with Gasteiger partial charge in [-0.15, -0.1) is 0 Å². The second kappa shape index (κ2) is 5.13. The smallest absolute Gasteiger partial charge is 0.263 e. The van der Waals surface area contributed by atoms with Crippen molar-refractivity contribution in [2.45, 2.75) is 11.8 Å². The molecule has 0 saturated heterocycles. The van der Waals surface area contributed by atoms with Crippen LogP contribution in [0.25, 0.3) is 6.08 Å². The average molecular weight is 401 g/mol. The molecular weight excluding hydrogens is 389 g/mol. The summed E-state index contributed by atoms with van der Waals surface area (Å²) in [6, 6.07) is 8.29. The molecule has 1 aliphatic rings. The van der Waals surface area contributed by atoms with Gasteiger partial charge in [0.2, 0.25) is 0 Å². The molecule has 0 atom stereocenters. The molecule has 0 unspecified atom stereocenters. The maximum absolute atomic E-state index is 12.3. The summed E-state index contributed by atoms with van der Waals surface area (Å²) in [7, 11) is -3.59. The van der Waals surface area contributed by atoms with Crippen molar-refractivity contribution in [2.75, 3.05) is 4.72 Å². The van der Waals surface area contributed by atoms with Crippen molar-refractivity contribution in [3.8, 4) is 0 Å². The van der Waals surface area contributed by atoms with E-state index in [1.807, 2.05) is 17.6 Å². The van der Waals surface area contributed by atoms with Crippen molar-refractivity contribution in [1.82, 2.24) is 9.55 Å². The summed E-state index contributed by atoms with van der Waals surface area (Å²) in [5.74, 6) is 1.15. The van der Waals surface area contributed by atoms with Gasteiger partial charge in [0.15, 0.2) is 5.82 Å². The maximum Gasteiger partial charge on any atom is 0.263 e. The second-order valence-corrected chi connectivity index (χ2v) is 7.89. The number of nitrogens with one attached hydrogen (secondary N) is 1. The number of imidazole rings is 1. The van der Waals surface area contributed by atoms with E-state index >= 15 is 0 Å². The highest BCUT2D eigenvalue weighted by atomic mass is 127. The van der Waals surface area contributed by atoms with E-state index in [1.165, 1.54) is 0 Å². The molecule has 7 heteroatoms. The molecule has 0 bridgehead atoms. The molecule has 0 spiro atoms. The highest BCUT2D eigenvalue weighted by Gasteiger charge is 2.19. The third-order valence-electron chi connectivity index (χ3n) is 2.90. The number of halogens is 1. The van der Waals surface area contributed by atoms with Crippen molar-refractivity contribution in [3.05, 3.63) is 45.9 Å². The summed E-state index contributed by atoms with van der Waals surface area (Å²) < 4.78 is 33.2. The molecule has 2 aromatic rings. The van der Waals surface area contributed by atoms with Gasteiger partial charge in [0.25, 0.3) is 10.0 Å². The lowest BCUT2D eigenvalue weighted by Crippen LogP contribution is -2.14. The predicted octanol–water partition coefficient (Wildman–Crippen LogP) is 2.56. The number of rotatable bonds is 3. The SMILES string of the molecule is Cc1c(NS(=O)(=O)c2ccccc2)nc2n1C=IC=C2. The molecule has 0 aliphatic carbocycles. The summed E-state index contributed by atoms with van der Waals surface area (Å²) in [5.41, 5.74) is 0.809. The standard InChI is InChI=1S/C13H12IN3O2S/c1-10-13(15-12-7-8-14-9-17(10)12)16-20(18,19)11-5-3-2-4-6-11/h2-9,16H,1H3. The van der Waals surface area contributed by atoms with Gasteiger partial charge >= 0.3 is 0 Å². The maximum atomic E-state index is 12.3. The van der Waals surface area contributed by atoms with Crippen LogP contribution in [0.3, 0.4) is 0 Å². The van der Waals surface area contributed by atoms with Gasteiger partial charge in [-0.1, -0.05) is 38.9 Å². The van der Waals surface area contributed by atoms with Crippen LogP contribution in [0.4, 0.5) is 5.82 Å². The fraction of sp³-hybridized carbons (Fsp3) is 0.0769. The molecule has 2 heterocycles. The van der Waals surface area contributed by atoms with Crippen molar-refractivity contribution in [3.63, 3.8) is 0 Å². The third kappa shape index (κ3) is 2.42.